The zero-order valence-corrected chi connectivity index (χ0v) is 42.8. The molecule has 396 valence electrons. The van der Waals surface area contributed by atoms with Crippen LogP contribution in [0.1, 0.15) is 137 Å². The van der Waals surface area contributed by atoms with E-state index in [1.807, 2.05) is 0 Å². The molecule has 0 aliphatic heterocycles. The van der Waals surface area contributed by atoms with Gasteiger partial charge in [0.05, 0.1) is 105 Å². The molecule has 0 saturated carbocycles. The van der Waals surface area contributed by atoms with Crippen LogP contribution in [0.4, 0.5) is 0 Å². The molecule has 3 N–H and O–H groups in total. The number of ether oxygens (including phenoxy) is 10. The number of esters is 10. The van der Waals surface area contributed by atoms with Gasteiger partial charge in [0.15, 0.2) is 0 Å². The van der Waals surface area contributed by atoms with Gasteiger partial charge in [-0.15, -0.1) is 0 Å². The molecule has 0 saturated heterocycles. The zero-order chi connectivity index (χ0) is 54.2. The fourth-order valence-electron chi connectivity index (χ4n) is 2.40. The van der Waals surface area contributed by atoms with E-state index in [-0.39, 0.29) is 98.8 Å². The molecule has 0 unspecified atom stereocenters. The van der Waals surface area contributed by atoms with E-state index >= 15 is 0 Å². The van der Waals surface area contributed by atoms with E-state index in [4.69, 9.17) is 15.3 Å². The van der Waals surface area contributed by atoms with Crippen molar-refractivity contribution >= 4 is 59.7 Å². The van der Waals surface area contributed by atoms with E-state index in [0.29, 0.717) is 66.1 Å². The maximum atomic E-state index is 10.3. The molecule has 0 atom stereocenters. The van der Waals surface area contributed by atoms with E-state index < -0.39 is 0 Å². The molecule has 0 radical (unpaired) electrons. The molecule has 0 rings (SSSR count). The average Bonchev–Trinajstić information content (AvgIpc) is 3.17. The van der Waals surface area contributed by atoms with Crippen LogP contribution >= 0.6 is 0 Å². The Hall–Kier alpha value is -5.42. The lowest BCUT2D eigenvalue weighted by molar-refractivity contribution is -0.144. The van der Waals surface area contributed by atoms with Gasteiger partial charge in [-0.3, -0.25) is 47.9 Å². The van der Waals surface area contributed by atoms with E-state index in [9.17, 15) is 47.9 Å². The van der Waals surface area contributed by atoms with Gasteiger partial charge < -0.3 is 62.7 Å². The normalized spacial score (nSPS) is 8.06. The number of rotatable bonds is 16. The minimum atomic E-state index is -0.338. The lowest BCUT2D eigenvalue weighted by Gasteiger charge is -1.96. The molecule has 0 amide bonds. The Balaban J connectivity index is -0.0000000662. The number of hydrogen-bond acceptors (Lipinski definition) is 23. The standard InChI is InChI=1S/3C5H10O3.7C4H8O2/c3*1-2-8-5(7)3-4-6;7*1-3-6-4(2)5/h3*6H,2-4H2,1H3;7*3H2,1-2H3. The molecule has 0 aromatic heterocycles. The summed E-state index contributed by atoms with van der Waals surface area (Å²) in [5, 5.41) is 24.5. The second kappa shape index (κ2) is 79.9. The predicted octanol–water partition coefficient (Wildman–Crippen LogP) is 3.78. The maximum Gasteiger partial charge on any atom is 0.308 e. The van der Waals surface area contributed by atoms with E-state index in [1.54, 1.807) is 69.2 Å². The van der Waals surface area contributed by atoms with Gasteiger partial charge in [0.1, 0.15) is 0 Å². The molecule has 23 nitrogen and oxygen atoms in total. The van der Waals surface area contributed by atoms with Crippen molar-refractivity contribution in [2.75, 3.05) is 85.9 Å². The molecule has 0 aliphatic carbocycles. The third kappa shape index (κ3) is 172. The van der Waals surface area contributed by atoms with Crippen LogP contribution in [0.2, 0.25) is 0 Å². The van der Waals surface area contributed by atoms with Gasteiger partial charge in [-0.1, -0.05) is 0 Å². The summed E-state index contributed by atoms with van der Waals surface area (Å²) in [5.41, 5.74) is 0. The Morgan fingerprint density at radius 3 is 0.394 bits per heavy atom. The Kier molecular flexibility index (Phi) is 102. The first-order chi connectivity index (χ1) is 30.8. The van der Waals surface area contributed by atoms with Crippen LogP contribution in [-0.2, 0) is 95.3 Å². The topological polar surface area (TPSA) is 324 Å². The molecule has 0 aliphatic rings. The highest BCUT2D eigenvalue weighted by Crippen LogP contribution is 1.84. The third-order valence-corrected chi connectivity index (χ3v) is 4.30. The van der Waals surface area contributed by atoms with E-state index in [0.717, 1.165) is 0 Å². The van der Waals surface area contributed by atoms with Crippen LogP contribution in [0, 0.1) is 0 Å². The Morgan fingerprint density at radius 2 is 0.348 bits per heavy atom. The number of carbonyl (C=O) groups is 10. The lowest BCUT2D eigenvalue weighted by Crippen LogP contribution is -2.05. The average molecular weight is 971 g/mol. The lowest BCUT2D eigenvalue weighted by atomic mass is 10.5. The molecule has 0 heterocycles. The molecule has 66 heavy (non-hydrogen) atoms. The van der Waals surface area contributed by atoms with Crippen LogP contribution < -0.4 is 0 Å². The van der Waals surface area contributed by atoms with Crippen LogP contribution in [0.15, 0.2) is 0 Å². The van der Waals surface area contributed by atoms with Crippen LogP contribution in [-0.4, -0.2) is 161 Å². The summed E-state index contributed by atoms with van der Waals surface area (Å²) in [6.07, 6.45) is 0.315. The van der Waals surface area contributed by atoms with Crippen molar-refractivity contribution in [1.29, 1.82) is 0 Å². The number of aliphatic hydroxyl groups is 3. The van der Waals surface area contributed by atoms with Gasteiger partial charge in [0.2, 0.25) is 0 Å². The highest BCUT2D eigenvalue weighted by molar-refractivity contribution is 5.70. The van der Waals surface area contributed by atoms with Crippen LogP contribution in [0.3, 0.4) is 0 Å². The predicted molar refractivity (Wildman–Crippen MR) is 241 cm³/mol. The summed E-state index contributed by atoms with van der Waals surface area (Å²) in [5.74, 6) is -2.49. The van der Waals surface area contributed by atoms with Gasteiger partial charge >= 0.3 is 59.7 Å². The van der Waals surface area contributed by atoms with Crippen molar-refractivity contribution < 1.29 is 111 Å². The van der Waals surface area contributed by atoms with Gasteiger partial charge in [-0.2, -0.15) is 0 Å². The van der Waals surface area contributed by atoms with Crippen molar-refractivity contribution in [3.8, 4) is 0 Å². The van der Waals surface area contributed by atoms with E-state index in [1.165, 1.54) is 48.5 Å². The summed E-state index contributed by atoms with van der Waals surface area (Å²) < 4.78 is 44.3. The maximum absolute atomic E-state index is 10.3. The number of aliphatic hydroxyl groups excluding tert-OH is 3. The van der Waals surface area contributed by atoms with Crippen molar-refractivity contribution in [3.05, 3.63) is 0 Å². The fourth-order valence-corrected chi connectivity index (χ4v) is 2.40. The third-order valence-electron chi connectivity index (χ3n) is 4.30. The summed E-state index contributed by atoms with van der Waals surface area (Å²) in [6.45, 7) is 31.6. The van der Waals surface area contributed by atoms with Crippen LogP contribution in [0.25, 0.3) is 0 Å². The Bertz CT molecular complexity index is 898. The second-order valence-corrected chi connectivity index (χ2v) is 10.3. The fraction of sp³-hybridized carbons (Fsp3) is 0.767. The van der Waals surface area contributed by atoms with Crippen molar-refractivity contribution in [3.63, 3.8) is 0 Å². The molecule has 23 heteroatoms. The summed E-state index contributed by atoms with van der Waals surface area (Å²) in [4.78, 5) is 99.5. The SMILES string of the molecule is CCOC(=O)CCO.CCOC(=O)CCO.CCOC(=O)CCO.CCOC(C)=O.CCOC(C)=O.CCOC(C)=O.CCOC(C)=O.CCOC(C)=O.CCOC(C)=O.CCOC(C)=O. The minimum absolute atomic E-state index is 0.105. The van der Waals surface area contributed by atoms with Crippen LogP contribution in [0.5, 0.6) is 0 Å². The number of carbonyl (C=O) groups excluding carboxylic acids is 10. The van der Waals surface area contributed by atoms with Crippen molar-refractivity contribution in [2.45, 2.75) is 137 Å². The molecule has 0 aromatic carbocycles. The molecule has 0 fully saturated rings. The highest BCUT2D eigenvalue weighted by Gasteiger charge is 1.98. The summed E-state index contributed by atoms with van der Waals surface area (Å²) in [7, 11) is 0. The Morgan fingerprint density at radius 1 is 0.242 bits per heavy atom. The highest BCUT2D eigenvalue weighted by atomic mass is 16.6. The monoisotopic (exact) mass is 971 g/mol. The summed E-state index contributed by atoms with van der Waals surface area (Å²) in [6, 6.07) is 0. The molecular weight excluding hydrogens is 884 g/mol. The zero-order valence-electron chi connectivity index (χ0n) is 42.8. The quantitative estimate of drug-likeness (QED) is 0.146. The van der Waals surface area contributed by atoms with Crippen molar-refractivity contribution in [1.82, 2.24) is 0 Å². The first-order valence-electron chi connectivity index (χ1n) is 21.0. The number of hydrogen-bond donors (Lipinski definition) is 3. The van der Waals surface area contributed by atoms with E-state index in [2.05, 4.69) is 47.4 Å². The smallest absolute Gasteiger partial charge is 0.308 e. The molecule has 0 bridgehead atoms. The minimum Gasteiger partial charge on any atom is -0.466 e. The molecule has 0 aromatic rings. The van der Waals surface area contributed by atoms with Gasteiger partial charge in [-0.25, -0.2) is 0 Å². The summed E-state index contributed by atoms with van der Waals surface area (Å²) >= 11 is 0. The van der Waals surface area contributed by atoms with Crippen molar-refractivity contribution in [2.24, 2.45) is 0 Å². The molecule has 0 spiro atoms. The Labute approximate surface area is 392 Å². The largest absolute Gasteiger partial charge is 0.466 e. The van der Waals surface area contributed by atoms with Gasteiger partial charge in [0.25, 0.3) is 0 Å². The van der Waals surface area contributed by atoms with Gasteiger partial charge in [0, 0.05) is 48.5 Å². The first kappa shape index (κ1) is 84.1. The van der Waals surface area contributed by atoms with Gasteiger partial charge in [-0.05, 0) is 69.2 Å². The first-order valence-corrected chi connectivity index (χ1v) is 21.0. The second-order valence-electron chi connectivity index (χ2n) is 10.3. The molecular formula is C43H86O23.